The maximum atomic E-state index is 12.7. The van der Waals surface area contributed by atoms with E-state index in [1.54, 1.807) is 0 Å². The molecule has 0 aliphatic carbocycles. The molecule has 2 heterocycles. The average molecular weight is 415 g/mol. The van der Waals surface area contributed by atoms with E-state index in [9.17, 15) is 18.3 Å². The predicted molar refractivity (Wildman–Crippen MR) is 112 cm³/mol. The molecular weight excluding hydrogens is 391 g/mol. The number of rotatable bonds is 5. The zero-order chi connectivity index (χ0) is 21.1. The summed E-state index contributed by atoms with van der Waals surface area (Å²) >= 11 is 0. The Morgan fingerprint density at radius 2 is 1.63 bits per heavy atom. The standard InChI is InChI=1S/C23H24F3N3O/c24-23(25,26)18-7-5-17(6-8-18)15-19(30)16-28-11-13-29(14-12-28)22-9-10-27-21-4-2-1-3-20(21)22/h1-10,19,30H,11-16H2. The first-order valence-electron chi connectivity index (χ1n) is 10.1. The quantitative estimate of drug-likeness (QED) is 0.684. The Hall–Kier alpha value is -2.64. The smallest absolute Gasteiger partial charge is 0.391 e. The lowest BCUT2D eigenvalue weighted by Gasteiger charge is -2.37. The number of hydrogen-bond acceptors (Lipinski definition) is 4. The fraction of sp³-hybridized carbons (Fsp3) is 0.348. The third-order valence-electron chi connectivity index (χ3n) is 5.56. The topological polar surface area (TPSA) is 39.6 Å². The van der Waals surface area contributed by atoms with E-state index in [1.807, 2.05) is 30.5 Å². The summed E-state index contributed by atoms with van der Waals surface area (Å²) in [4.78, 5) is 8.96. The van der Waals surface area contributed by atoms with Gasteiger partial charge in [0.25, 0.3) is 0 Å². The zero-order valence-corrected chi connectivity index (χ0v) is 16.5. The van der Waals surface area contributed by atoms with E-state index in [0.717, 1.165) is 49.2 Å². The number of nitrogens with zero attached hydrogens (tertiary/aromatic N) is 3. The Morgan fingerprint density at radius 3 is 2.33 bits per heavy atom. The second-order valence-electron chi connectivity index (χ2n) is 7.69. The molecule has 158 valence electrons. The van der Waals surface area contributed by atoms with Crippen molar-refractivity contribution in [1.82, 2.24) is 9.88 Å². The van der Waals surface area contributed by atoms with Gasteiger partial charge in [0.1, 0.15) is 0 Å². The van der Waals surface area contributed by atoms with Crippen molar-refractivity contribution < 1.29 is 18.3 Å². The predicted octanol–water partition coefficient (Wildman–Crippen LogP) is 3.98. The van der Waals surface area contributed by atoms with Crippen molar-refractivity contribution in [2.75, 3.05) is 37.6 Å². The molecule has 1 aliphatic rings. The van der Waals surface area contributed by atoms with Crippen LogP contribution < -0.4 is 4.90 Å². The molecule has 1 atom stereocenters. The highest BCUT2D eigenvalue weighted by Gasteiger charge is 2.30. The minimum atomic E-state index is -4.34. The van der Waals surface area contributed by atoms with E-state index in [1.165, 1.54) is 17.8 Å². The molecule has 0 bridgehead atoms. The van der Waals surface area contributed by atoms with Crippen LogP contribution in [-0.4, -0.2) is 53.8 Å². The fourth-order valence-electron chi connectivity index (χ4n) is 3.99. The van der Waals surface area contributed by atoms with E-state index in [-0.39, 0.29) is 0 Å². The number of piperazine rings is 1. The van der Waals surface area contributed by atoms with Crippen molar-refractivity contribution in [2.45, 2.75) is 18.7 Å². The molecule has 0 spiro atoms. The molecule has 1 unspecified atom stereocenters. The first kappa shape index (κ1) is 20.6. The SMILES string of the molecule is OC(Cc1ccc(C(F)(F)F)cc1)CN1CCN(c2ccnc3ccccc23)CC1. The molecule has 1 aliphatic heterocycles. The third kappa shape index (κ3) is 4.74. The summed E-state index contributed by atoms with van der Waals surface area (Å²) in [5.74, 6) is 0. The first-order chi connectivity index (χ1) is 14.4. The number of hydrogen-bond donors (Lipinski definition) is 1. The molecule has 0 saturated carbocycles. The Labute approximate surface area is 173 Å². The van der Waals surface area contributed by atoms with Crippen LogP contribution in [0.2, 0.25) is 0 Å². The first-order valence-corrected chi connectivity index (χ1v) is 10.1. The lowest BCUT2D eigenvalue weighted by Crippen LogP contribution is -2.48. The van der Waals surface area contributed by atoms with Gasteiger partial charge in [0.05, 0.1) is 17.2 Å². The Balaban J connectivity index is 1.31. The fourth-order valence-corrected chi connectivity index (χ4v) is 3.99. The number of benzene rings is 2. The van der Waals surface area contributed by atoms with Crippen molar-refractivity contribution in [3.05, 3.63) is 71.9 Å². The van der Waals surface area contributed by atoms with Gasteiger partial charge < -0.3 is 10.0 Å². The summed E-state index contributed by atoms with van der Waals surface area (Å²) in [5.41, 5.74) is 2.19. The highest BCUT2D eigenvalue weighted by molar-refractivity contribution is 5.91. The van der Waals surface area contributed by atoms with Gasteiger partial charge in [-0.1, -0.05) is 30.3 Å². The molecule has 1 saturated heterocycles. The van der Waals surface area contributed by atoms with Crippen LogP contribution >= 0.6 is 0 Å². The maximum Gasteiger partial charge on any atom is 0.416 e. The van der Waals surface area contributed by atoms with Gasteiger partial charge in [-0.15, -0.1) is 0 Å². The molecule has 1 aromatic heterocycles. The molecular formula is C23H24F3N3O. The Kier molecular flexibility index (Phi) is 5.92. The van der Waals surface area contributed by atoms with Crippen LogP contribution in [0.5, 0.6) is 0 Å². The number of alkyl halides is 3. The number of pyridine rings is 1. The maximum absolute atomic E-state index is 12.7. The van der Waals surface area contributed by atoms with Gasteiger partial charge in [-0.2, -0.15) is 13.2 Å². The second kappa shape index (κ2) is 8.62. The van der Waals surface area contributed by atoms with Gasteiger partial charge in [0.15, 0.2) is 0 Å². The Morgan fingerprint density at radius 1 is 0.933 bits per heavy atom. The van der Waals surface area contributed by atoms with Crippen LogP contribution in [0.4, 0.5) is 18.9 Å². The molecule has 30 heavy (non-hydrogen) atoms. The van der Waals surface area contributed by atoms with Gasteiger partial charge >= 0.3 is 6.18 Å². The Bertz CT molecular complexity index is 978. The highest BCUT2D eigenvalue weighted by atomic mass is 19.4. The van der Waals surface area contributed by atoms with Crippen LogP contribution in [0.15, 0.2) is 60.8 Å². The van der Waals surface area contributed by atoms with Gasteiger partial charge in [-0.3, -0.25) is 9.88 Å². The molecule has 0 amide bonds. The number of β-amino-alcohol motifs (C(OH)–C–C–N with tert-alkyl or cyclic N) is 1. The highest BCUT2D eigenvalue weighted by Crippen LogP contribution is 2.29. The van der Waals surface area contributed by atoms with E-state index < -0.39 is 17.8 Å². The van der Waals surface area contributed by atoms with Crippen LogP contribution in [0.25, 0.3) is 10.9 Å². The summed E-state index contributed by atoms with van der Waals surface area (Å²) in [6.45, 7) is 3.84. The molecule has 1 fully saturated rings. The lowest BCUT2D eigenvalue weighted by molar-refractivity contribution is -0.137. The van der Waals surface area contributed by atoms with Crippen molar-refractivity contribution in [2.24, 2.45) is 0 Å². The van der Waals surface area contributed by atoms with Crippen molar-refractivity contribution in [3.8, 4) is 0 Å². The molecule has 7 heteroatoms. The number of fused-ring (bicyclic) bond motifs is 1. The normalized spacial score (nSPS) is 16.7. The molecule has 0 radical (unpaired) electrons. The minimum absolute atomic E-state index is 0.341. The number of para-hydroxylation sites is 1. The average Bonchev–Trinajstić information content (AvgIpc) is 2.74. The second-order valence-corrected chi connectivity index (χ2v) is 7.69. The number of aliphatic hydroxyl groups is 1. The number of anilines is 1. The van der Waals surface area contributed by atoms with E-state index >= 15 is 0 Å². The number of aromatic nitrogens is 1. The van der Waals surface area contributed by atoms with Gasteiger partial charge in [-0.25, -0.2) is 0 Å². The summed E-state index contributed by atoms with van der Waals surface area (Å²) in [5, 5.41) is 11.6. The summed E-state index contributed by atoms with van der Waals surface area (Å²) in [6, 6.07) is 15.1. The van der Waals surface area contributed by atoms with Crippen LogP contribution in [-0.2, 0) is 12.6 Å². The summed E-state index contributed by atoms with van der Waals surface area (Å²) in [6.07, 6.45) is -2.78. The molecule has 2 aromatic carbocycles. The van der Waals surface area contributed by atoms with Crippen molar-refractivity contribution in [3.63, 3.8) is 0 Å². The minimum Gasteiger partial charge on any atom is -0.391 e. The molecule has 3 aromatic rings. The van der Waals surface area contributed by atoms with Crippen molar-refractivity contribution >= 4 is 16.6 Å². The van der Waals surface area contributed by atoms with Gasteiger partial charge in [0.2, 0.25) is 0 Å². The molecule has 1 N–H and O–H groups in total. The van der Waals surface area contributed by atoms with E-state index in [2.05, 4.69) is 20.9 Å². The molecule has 4 rings (SSSR count). The van der Waals surface area contributed by atoms with E-state index in [0.29, 0.717) is 18.5 Å². The van der Waals surface area contributed by atoms with Gasteiger partial charge in [-0.05, 0) is 36.2 Å². The van der Waals surface area contributed by atoms with Gasteiger partial charge in [0, 0.05) is 50.0 Å². The van der Waals surface area contributed by atoms with E-state index in [4.69, 9.17) is 0 Å². The van der Waals surface area contributed by atoms with Crippen molar-refractivity contribution in [1.29, 1.82) is 0 Å². The monoisotopic (exact) mass is 415 g/mol. The van der Waals surface area contributed by atoms with Crippen LogP contribution in [0.1, 0.15) is 11.1 Å². The number of halogens is 3. The largest absolute Gasteiger partial charge is 0.416 e. The number of aliphatic hydroxyl groups excluding tert-OH is 1. The van der Waals surface area contributed by atoms with Crippen LogP contribution in [0, 0.1) is 0 Å². The third-order valence-corrected chi connectivity index (χ3v) is 5.56. The molecule has 4 nitrogen and oxygen atoms in total. The zero-order valence-electron chi connectivity index (χ0n) is 16.5. The van der Waals surface area contributed by atoms with Crippen LogP contribution in [0.3, 0.4) is 0 Å². The summed E-state index contributed by atoms with van der Waals surface area (Å²) < 4.78 is 38.0. The lowest BCUT2D eigenvalue weighted by atomic mass is 10.0. The summed E-state index contributed by atoms with van der Waals surface area (Å²) in [7, 11) is 0.